The summed E-state index contributed by atoms with van der Waals surface area (Å²) in [5.74, 6) is -2.01. The topological polar surface area (TPSA) is 40.5 Å². The Morgan fingerprint density at radius 3 is 2.38 bits per heavy atom. The minimum Gasteiger partial charge on any atom is -0.478 e. The number of hydrogen-bond donors (Lipinski definition) is 1. The lowest BCUT2D eigenvalue weighted by atomic mass is 10.1. The van der Waals surface area contributed by atoms with E-state index in [1.54, 1.807) is 18.2 Å². The van der Waals surface area contributed by atoms with Crippen LogP contribution in [0, 0.1) is 5.82 Å². The molecule has 0 saturated carbocycles. The highest BCUT2D eigenvalue weighted by Crippen LogP contribution is 2.27. The molecule has 0 aliphatic carbocycles. The van der Waals surface area contributed by atoms with Crippen molar-refractivity contribution in [1.82, 2.24) is 0 Å². The Hall–Kier alpha value is -2.07. The molecule has 2 aromatic rings. The van der Waals surface area contributed by atoms with Gasteiger partial charge in [-0.25, -0.2) is 9.18 Å². The number of carbonyl (C=O) groups is 1. The van der Waals surface area contributed by atoms with Crippen molar-refractivity contribution in [3.8, 4) is 0 Å². The van der Waals surface area contributed by atoms with Crippen LogP contribution in [-0.4, -0.2) is 18.1 Å². The van der Waals surface area contributed by atoms with E-state index >= 15 is 0 Å². The minimum absolute atomic E-state index is 0.00246. The van der Waals surface area contributed by atoms with Crippen LogP contribution in [0.5, 0.6) is 0 Å². The maximum absolute atomic E-state index is 13.8. The molecule has 5 heteroatoms. The Labute approximate surface area is 127 Å². The fraction of sp³-hybridized carbons (Fsp3) is 0.188. The predicted molar refractivity (Wildman–Crippen MR) is 81.6 cm³/mol. The third kappa shape index (κ3) is 3.34. The third-order valence-corrected chi connectivity index (χ3v) is 3.78. The van der Waals surface area contributed by atoms with Crippen LogP contribution in [-0.2, 0) is 0 Å². The van der Waals surface area contributed by atoms with Crippen LogP contribution < -0.4 is 4.90 Å². The molecule has 0 radical (unpaired) electrons. The SMILES string of the molecule is CC(c1ccc(Cl)cc1)N(C)c1ccc(C(=O)O)c(F)c1. The number of nitrogens with zero attached hydrogens (tertiary/aromatic N) is 1. The minimum atomic E-state index is -1.27. The molecule has 0 fully saturated rings. The summed E-state index contributed by atoms with van der Waals surface area (Å²) in [4.78, 5) is 12.7. The molecule has 2 aromatic carbocycles. The molecule has 110 valence electrons. The van der Waals surface area contributed by atoms with Crippen molar-refractivity contribution in [2.75, 3.05) is 11.9 Å². The Balaban J connectivity index is 2.27. The molecule has 0 spiro atoms. The second-order valence-electron chi connectivity index (χ2n) is 4.81. The van der Waals surface area contributed by atoms with Gasteiger partial charge in [0, 0.05) is 17.8 Å². The molecular formula is C16H15ClFNO2. The molecule has 1 N–H and O–H groups in total. The number of carboxylic acids is 1. The van der Waals surface area contributed by atoms with Crippen LogP contribution in [0.2, 0.25) is 5.02 Å². The largest absolute Gasteiger partial charge is 0.478 e. The van der Waals surface area contributed by atoms with Gasteiger partial charge in [0.05, 0.1) is 11.6 Å². The first kappa shape index (κ1) is 15.3. The Bertz CT molecular complexity index is 658. The first-order valence-electron chi connectivity index (χ1n) is 6.41. The zero-order chi connectivity index (χ0) is 15.6. The van der Waals surface area contributed by atoms with Gasteiger partial charge >= 0.3 is 5.97 Å². The van der Waals surface area contributed by atoms with Crippen molar-refractivity contribution in [2.24, 2.45) is 0 Å². The maximum Gasteiger partial charge on any atom is 0.338 e. The molecule has 0 aromatic heterocycles. The van der Waals surface area contributed by atoms with Crippen LogP contribution in [0.25, 0.3) is 0 Å². The molecule has 1 unspecified atom stereocenters. The standard InChI is InChI=1S/C16H15ClFNO2/c1-10(11-3-5-12(17)6-4-11)19(2)13-7-8-14(16(20)21)15(18)9-13/h3-10H,1-2H3,(H,20,21). The normalized spacial score (nSPS) is 12.0. The van der Waals surface area contributed by atoms with Gasteiger partial charge < -0.3 is 10.0 Å². The summed E-state index contributed by atoms with van der Waals surface area (Å²) in [5, 5.41) is 9.50. The van der Waals surface area contributed by atoms with E-state index in [1.807, 2.05) is 31.0 Å². The van der Waals surface area contributed by atoms with Gasteiger partial charge in [0.25, 0.3) is 0 Å². The second kappa shape index (κ2) is 6.14. The molecular weight excluding hydrogens is 293 g/mol. The van der Waals surface area contributed by atoms with Crippen molar-refractivity contribution < 1.29 is 14.3 Å². The molecule has 3 nitrogen and oxygen atoms in total. The number of aromatic carboxylic acids is 1. The molecule has 0 aliphatic heterocycles. The summed E-state index contributed by atoms with van der Waals surface area (Å²) in [6.07, 6.45) is 0. The van der Waals surface area contributed by atoms with Crippen molar-refractivity contribution in [3.05, 3.63) is 64.4 Å². The number of hydrogen-bond acceptors (Lipinski definition) is 2. The van der Waals surface area contributed by atoms with E-state index in [9.17, 15) is 9.18 Å². The van der Waals surface area contributed by atoms with Gasteiger partial charge in [-0.05, 0) is 42.8 Å². The third-order valence-electron chi connectivity index (χ3n) is 3.52. The average molecular weight is 308 g/mol. The van der Waals surface area contributed by atoms with Crippen LogP contribution in [0.15, 0.2) is 42.5 Å². The van der Waals surface area contributed by atoms with E-state index in [-0.39, 0.29) is 11.6 Å². The first-order chi connectivity index (χ1) is 9.90. The summed E-state index contributed by atoms with van der Waals surface area (Å²) in [6.45, 7) is 1.98. The zero-order valence-corrected chi connectivity index (χ0v) is 12.4. The molecule has 21 heavy (non-hydrogen) atoms. The molecule has 0 amide bonds. The predicted octanol–water partition coefficient (Wildman–Crippen LogP) is 4.37. The van der Waals surface area contributed by atoms with Crippen molar-refractivity contribution in [3.63, 3.8) is 0 Å². The van der Waals surface area contributed by atoms with Crippen LogP contribution >= 0.6 is 11.6 Å². The Morgan fingerprint density at radius 2 is 1.86 bits per heavy atom. The van der Waals surface area contributed by atoms with E-state index in [0.717, 1.165) is 5.56 Å². The highest BCUT2D eigenvalue weighted by molar-refractivity contribution is 6.30. The summed E-state index contributed by atoms with van der Waals surface area (Å²) < 4.78 is 13.8. The zero-order valence-electron chi connectivity index (χ0n) is 11.7. The lowest BCUT2D eigenvalue weighted by molar-refractivity contribution is 0.0692. The van der Waals surface area contributed by atoms with Crippen molar-refractivity contribution in [2.45, 2.75) is 13.0 Å². The Kier molecular flexibility index (Phi) is 4.48. The number of anilines is 1. The first-order valence-corrected chi connectivity index (χ1v) is 6.79. The van der Waals surface area contributed by atoms with Crippen LogP contribution in [0.3, 0.4) is 0 Å². The van der Waals surface area contributed by atoms with Gasteiger partial charge in [0.2, 0.25) is 0 Å². The quantitative estimate of drug-likeness (QED) is 0.911. The van der Waals surface area contributed by atoms with E-state index in [2.05, 4.69) is 0 Å². The van der Waals surface area contributed by atoms with Crippen LogP contribution in [0.4, 0.5) is 10.1 Å². The summed E-state index contributed by atoms with van der Waals surface area (Å²) in [5.41, 5.74) is 1.32. The molecule has 0 aliphatic rings. The molecule has 0 heterocycles. The van der Waals surface area contributed by atoms with Gasteiger partial charge in [-0.2, -0.15) is 0 Å². The highest BCUT2D eigenvalue weighted by atomic mass is 35.5. The smallest absolute Gasteiger partial charge is 0.338 e. The Morgan fingerprint density at radius 1 is 1.24 bits per heavy atom. The second-order valence-corrected chi connectivity index (χ2v) is 5.24. The highest BCUT2D eigenvalue weighted by Gasteiger charge is 2.16. The van der Waals surface area contributed by atoms with Crippen molar-refractivity contribution in [1.29, 1.82) is 0 Å². The lowest BCUT2D eigenvalue weighted by Crippen LogP contribution is -2.21. The van der Waals surface area contributed by atoms with E-state index in [4.69, 9.17) is 16.7 Å². The van der Waals surface area contributed by atoms with E-state index in [1.165, 1.54) is 12.1 Å². The number of carboxylic acid groups (broad SMARTS) is 1. The maximum atomic E-state index is 13.8. The van der Waals surface area contributed by atoms with E-state index < -0.39 is 11.8 Å². The monoisotopic (exact) mass is 307 g/mol. The molecule has 0 saturated heterocycles. The average Bonchev–Trinajstić information content (AvgIpc) is 2.46. The van der Waals surface area contributed by atoms with Gasteiger partial charge in [0.15, 0.2) is 0 Å². The van der Waals surface area contributed by atoms with Gasteiger partial charge in [0.1, 0.15) is 5.82 Å². The lowest BCUT2D eigenvalue weighted by Gasteiger charge is -2.27. The molecule has 1 atom stereocenters. The van der Waals surface area contributed by atoms with Gasteiger partial charge in [-0.15, -0.1) is 0 Å². The molecule has 0 bridgehead atoms. The molecule has 2 rings (SSSR count). The summed E-state index contributed by atoms with van der Waals surface area (Å²) in [7, 11) is 1.83. The fourth-order valence-corrected chi connectivity index (χ4v) is 2.21. The summed E-state index contributed by atoms with van der Waals surface area (Å²) in [6, 6.07) is 11.5. The van der Waals surface area contributed by atoms with Crippen LogP contribution in [0.1, 0.15) is 28.9 Å². The van der Waals surface area contributed by atoms with Gasteiger partial charge in [-0.1, -0.05) is 23.7 Å². The number of rotatable bonds is 4. The van der Waals surface area contributed by atoms with Gasteiger partial charge in [-0.3, -0.25) is 0 Å². The number of benzene rings is 2. The van der Waals surface area contributed by atoms with E-state index in [0.29, 0.717) is 10.7 Å². The number of halogens is 2. The fourth-order valence-electron chi connectivity index (χ4n) is 2.09. The summed E-state index contributed by atoms with van der Waals surface area (Å²) >= 11 is 5.86. The van der Waals surface area contributed by atoms with Crippen molar-refractivity contribution >= 4 is 23.3 Å².